The first-order chi connectivity index (χ1) is 14.7. The van der Waals surface area contributed by atoms with Crippen LogP contribution in [0, 0.1) is 0 Å². The van der Waals surface area contributed by atoms with E-state index >= 15 is 0 Å². The summed E-state index contributed by atoms with van der Waals surface area (Å²) in [5.41, 5.74) is 0. The lowest BCUT2D eigenvalue weighted by atomic mass is 10.2. The molecule has 1 unspecified atom stereocenters. The van der Waals surface area contributed by atoms with Crippen molar-refractivity contribution in [1.82, 2.24) is 4.90 Å². The number of alkyl halides is 7. The standard InChI is InChI=1S/C16H21F8NO7S/c1-4-7-25(8-5-2)12(27)14(15(20,21)22,32-11(26)10(3)17)31-9-6-13(18,19)16(23,24)33(28,29)30/h3-9H2,1-2H3,(H,28,29,30)/p-1. The van der Waals surface area contributed by atoms with Crippen LogP contribution < -0.4 is 0 Å². The van der Waals surface area contributed by atoms with Crippen molar-refractivity contribution in [3.63, 3.8) is 0 Å². The maximum atomic E-state index is 13.9. The largest absolute Gasteiger partial charge is 0.743 e. The van der Waals surface area contributed by atoms with Crippen LogP contribution in [0.1, 0.15) is 33.1 Å². The van der Waals surface area contributed by atoms with Crippen molar-refractivity contribution in [3.8, 4) is 0 Å². The highest BCUT2D eigenvalue weighted by molar-refractivity contribution is 7.86. The van der Waals surface area contributed by atoms with Gasteiger partial charge in [0.1, 0.15) is 0 Å². The van der Waals surface area contributed by atoms with E-state index in [2.05, 4.69) is 16.1 Å². The van der Waals surface area contributed by atoms with Crippen molar-refractivity contribution in [2.75, 3.05) is 19.7 Å². The van der Waals surface area contributed by atoms with Crippen LogP contribution in [0.4, 0.5) is 35.1 Å². The highest BCUT2D eigenvalue weighted by Crippen LogP contribution is 2.42. The average Bonchev–Trinajstić information content (AvgIpc) is 2.64. The molecule has 17 heteroatoms. The summed E-state index contributed by atoms with van der Waals surface area (Å²) in [6, 6.07) is 0. The highest BCUT2D eigenvalue weighted by Gasteiger charge is 2.68. The van der Waals surface area contributed by atoms with Gasteiger partial charge in [0.05, 0.1) is 6.61 Å². The third-order valence-corrected chi connectivity index (χ3v) is 4.77. The monoisotopic (exact) mass is 522 g/mol. The number of nitrogens with zero attached hydrogens (tertiary/aromatic N) is 1. The van der Waals surface area contributed by atoms with Crippen molar-refractivity contribution in [2.45, 2.75) is 56.3 Å². The lowest BCUT2D eigenvalue weighted by Gasteiger charge is -2.37. The lowest BCUT2D eigenvalue weighted by molar-refractivity contribution is -0.353. The van der Waals surface area contributed by atoms with Gasteiger partial charge in [0.15, 0.2) is 10.1 Å². The summed E-state index contributed by atoms with van der Waals surface area (Å²) in [4.78, 5) is 24.5. The first-order valence-electron chi connectivity index (χ1n) is 9.00. The summed E-state index contributed by atoms with van der Waals surface area (Å²) in [5, 5.41) is -6.26. The number of halogens is 8. The van der Waals surface area contributed by atoms with Crippen molar-refractivity contribution >= 4 is 22.0 Å². The number of carbonyl (C=O) groups is 2. The van der Waals surface area contributed by atoms with Gasteiger partial charge in [-0.1, -0.05) is 20.4 Å². The zero-order chi connectivity index (χ0) is 26.5. The Kier molecular flexibility index (Phi) is 10.3. The molecular formula is C16H20F8NO7S-. The molecule has 0 heterocycles. The van der Waals surface area contributed by atoms with Gasteiger partial charge in [0, 0.05) is 19.5 Å². The Labute approximate surface area is 183 Å². The maximum absolute atomic E-state index is 13.9. The number of hydrogen-bond donors (Lipinski definition) is 0. The van der Waals surface area contributed by atoms with Crippen molar-refractivity contribution in [1.29, 1.82) is 0 Å². The van der Waals surface area contributed by atoms with Crippen LogP contribution in [-0.2, 0) is 29.2 Å². The van der Waals surface area contributed by atoms with Crippen LogP contribution in [-0.4, -0.2) is 72.6 Å². The molecule has 0 aliphatic rings. The molecule has 0 aliphatic heterocycles. The first-order valence-corrected chi connectivity index (χ1v) is 10.4. The minimum atomic E-state index is -6.96. The second kappa shape index (κ2) is 10.9. The third-order valence-electron chi connectivity index (χ3n) is 3.85. The molecule has 1 atom stereocenters. The molecule has 0 aliphatic carbocycles. The van der Waals surface area contributed by atoms with Gasteiger partial charge < -0.3 is 18.9 Å². The van der Waals surface area contributed by atoms with Gasteiger partial charge in [-0.2, -0.15) is 35.1 Å². The molecule has 0 fully saturated rings. The molecule has 194 valence electrons. The molecule has 0 aromatic heterocycles. The summed E-state index contributed by atoms with van der Waals surface area (Å²) in [6.45, 7) is 2.24. The fraction of sp³-hybridized carbons (Fsp3) is 0.750. The summed E-state index contributed by atoms with van der Waals surface area (Å²) in [5.74, 6) is -17.3. The Morgan fingerprint density at radius 1 is 1.00 bits per heavy atom. The van der Waals surface area contributed by atoms with Crippen LogP contribution in [0.25, 0.3) is 0 Å². The van der Waals surface area contributed by atoms with E-state index < -0.39 is 77.1 Å². The van der Waals surface area contributed by atoms with Crippen LogP contribution in [0.15, 0.2) is 12.4 Å². The molecule has 8 nitrogen and oxygen atoms in total. The minimum Gasteiger partial charge on any atom is -0.743 e. The molecule has 0 aromatic rings. The molecule has 0 N–H and O–H groups in total. The Morgan fingerprint density at radius 2 is 1.45 bits per heavy atom. The van der Waals surface area contributed by atoms with Crippen molar-refractivity contribution in [2.24, 2.45) is 0 Å². The van der Waals surface area contributed by atoms with Gasteiger partial charge in [0.2, 0.25) is 5.83 Å². The van der Waals surface area contributed by atoms with Crippen molar-refractivity contribution in [3.05, 3.63) is 12.4 Å². The fourth-order valence-corrected chi connectivity index (χ4v) is 2.76. The van der Waals surface area contributed by atoms with Crippen LogP contribution >= 0.6 is 0 Å². The summed E-state index contributed by atoms with van der Waals surface area (Å²) in [6.07, 6.45) is -8.50. The van der Waals surface area contributed by atoms with E-state index in [1.165, 1.54) is 13.8 Å². The molecule has 33 heavy (non-hydrogen) atoms. The molecule has 0 radical (unpaired) electrons. The van der Waals surface area contributed by atoms with Gasteiger partial charge in [-0.25, -0.2) is 13.2 Å². The number of amides is 1. The predicted molar refractivity (Wildman–Crippen MR) is 92.4 cm³/mol. The van der Waals surface area contributed by atoms with E-state index in [4.69, 9.17) is 0 Å². The van der Waals surface area contributed by atoms with Crippen LogP contribution in [0.5, 0.6) is 0 Å². The molecule has 0 saturated carbocycles. The third kappa shape index (κ3) is 6.99. The maximum Gasteiger partial charge on any atom is 0.466 e. The molecular weight excluding hydrogens is 502 g/mol. The summed E-state index contributed by atoms with van der Waals surface area (Å²) >= 11 is 0. The zero-order valence-electron chi connectivity index (χ0n) is 17.2. The summed E-state index contributed by atoms with van der Waals surface area (Å²) < 4.78 is 147. The summed E-state index contributed by atoms with van der Waals surface area (Å²) in [7, 11) is -6.96. The van der Waals surface area contributed by atoms with Gasteiger partial charge in [-0.05, 0) is 12.8 Å². The Hall–Kier alpha value is -2.01. The normalized spacial score (nSPS) is 15.0. The number of carbonyl (C=O) groups excluding carboxylic acids is 2. The molecule has 0 rings (SSSR count). The molecule has 0 spiro atoms. The van der Waals surface area contributed by atoms with E-state index in [1.807, 2.05) is 0 Å². The number of hydrogen-bond acceptors (Lipinski definition) is 7. The van der Waals surface area contributed by atoms with E-state index in [0.29, 0.717) is 4.90 Å². The second-order valence-corrected chi connectivity index (χ2v) is 7.90. The number of ether oxygens (including phenoxy) is 2. The van der Waals surface area contributed by atoms with E-state index in [9.17, 15) is 57.7 Å². The minimum absolute atomic E-state index is 0.0507. The average molecular weight is 522 g/mol. The van der Waals surface area contributed by atoms with E-state index in [0.717, 1.165) is 0 Å². The molecule has 0 aromatic carbocycles. The van der Waals surface area contributed by atoms with Crippen molar-refractivity contribution < 1.29 is 67.2 Å². The zero-order valence-corrected chi connectivity index (χ0v) is 18.0. The Morgan fingerprint density at radius 3 is 1.79 bits per heavy atom. The van der Waals surface area contributed by atoms with Gasteiger partial charge in [-0.15, -0.1) is 0 Å². The Bertz CT molecular complexity index is 825. The van der Waals surface area contributed by atoms with Crippen LogP contribution in [0.3, 0.4) is 0 Å². The highest BCUT2D eigenvalue weighted by atomic mass is 32.2. The lowest BCUT2D eigenvalue weighted by Crippen LogP contribution is -2.63. The van der Waals surface area contributed by atoms with Gasteiger partial charge in [-0.3, -0.25) is 4.79 Å². The molecule has 1 amide bonds. The Balaban J connectivity index is 6.33. The SMILES string of the molecule is C=C(F)C(=O)OC(OCCC(F)(F)C(F)(F)S(=O)(=O)[O-])(C(=O)N(CCC)CCC)C(F)(F)F. The predicted octanol–water partition coefficient (Wildman–Crippen LogP) is 3.10. The topological polar surface area (TPSA) is 113 Å². The fourth-order valence-electron chi connectivity index (χ4n) is 2.30. The van der Waals surface area contributed by atoms with Gasteiger partial charge >= 0.3 is 35.0 Å². The second-order valence-electron chi connectivity index (χ2n) is 6.47. The van der Waals surface area contributed by atoms with Gasteiger partial charge in [0.25, 0.3) is 0 Å². The number of esters is 1. The molecule has 0 saturated heterocycles. The van der Waals surface area contributed by atoms with E-state index in [1.54, 1.807) is 0 Å². The van der Waals surface area contributed by atoms with Crippen LogP contribution in [0.2, 0.25) is 0 Å². The first kappa shape index (κ1) is 31.0. The molecule has 0 bridgehead atoms. The quantitative estimate of drug-likeness (QED) is 0.120. The number of rotatable bonds is 13. The smallest absolute Gasteiger partial charge is 0.466 e. The van der Waals surface area contributed by atoms with E-state index in [-0.39, 0.29) is 12.8 Å².